The summed E-state index contributed by atoms with van der Waals surface area (Å²) in [4.78, 5) is 27.8. The number of sulfonamides is 1. The average molecular weight is 552 g/mol. The maximum Gasteiger partial charge on any atom is 0.242 e. The highest BCUT2D eigenvalue weighted by molar-refractivity contribution is 7.92. The Hall–Kier alpha value is -2.78. The van der Waals surface area contributed by atoms with Crippen LogP contribution in [-0.2, 0) is 26.2 Å². The molecule has 0 fully saturated rings. The van der Waals surface area contributed by atoms with E-state index in [-0.39, 0.29) is 37.7 Å². The van der Waals surface area contributed by atoms with Crippen LogP contribution in [0.25, 0.3) is 0 Å². The number of nitrogens with one attached hydrogen (secondary N) is 1. The van der Waals surface area contributed by atoms with Crippen molar-refractivity contribution in [1.82, 2.24) is 10.2 Å². The van der Waals surface area contributed by atoms with Crippen LogP contribution >= 0.6 is 11.6 Å². The van der Waals surface area contributed by atoms with E-state index >= 15 is 0 Å². The Morgan fingerprint density at radius 2 is 1.70 bits per heavy atom. The van der Waals surface area contributed by atoms with Crippen molar-refractivity contribution in [3.63, 3.8) is 0 Å². The van der Waals surface area contributed by atoms with Gasteiger partial charge in [0.2, 0.25) is 21.8 Å². The highest BCUT2D eigenvalue weighted by atomic mass is 35.5. The van der Waals surface area contributed by atoms with Gasteiger partial charge in [-0.25, -0.2) is 8.42 Å². The topological polar surface area (TPSA) is 96.0 Å². The number of hydrogen-bond donors (Lipinski definition) is 1. The number of benzene rings is 2. The first-order chi connectivity index (χ1) is 17.2. The molecule has 0 saturated carbocycles. The lowest BCUT2D eigenvalue weighted by Crippen LogP contribution is -2.52. The number of halogens is 1. The summed E-state index contributed by atoms with van der Waals surface area (Å²) in [6, 6.07) is 13.2. The molecule has 1 unspecified atom stereocenters. The quantitative estimate of drug-likeness (QED) is 0.415. The van der Waals surface area contributed by atoms with Crippen LogP contribution in [0.1, 0.15) is 53.0 Å². The normalized spacial score (nSPS) is 12.5. The lowest BCUT2D eigenvalue weighted by atomic mass is 10.1. The third kappa shape index (κ3) is 9.55. The van der Waals surface area contributed by atoms with Gasteiger partial charge in [0, 0.05) is 30.1 Å². The van der Waals surface area contributed by atoms with Crippen LogP contribution in [0, 0.1) is 0 Å². The highest BCUT2D eigenvalue weighted by Crippen LogP contribution is 2.23. The molecule has 0 aliphatic heterocycles. The fraction of sp³-hybridized carbons (Fsp3) is 0.481. The molecule has 204 valence electrons. The molecule has 1 atom stereocenters. The van der Waals surface area contributed by atoms with Crippen molar-refractivity contribution < 1.29 is 22.7 Å². The maximum atomic E-state index is 13.4. The van der Waals surface area contributed by atoms with Gasteiger partial charge in [-0.1, -0.05) is 29.8 Å². The number of carbonyl (C=O) groups excluding carboxylic acids is 2. The van der Waals surface area contributed by atoms with E-state index in [1.54, 1.807) is 43.3 Å². The lowest BCUT2D eigenvalue weighted by molar-refractivity contribution is -0.141. The third-order valence-corrected chi connectivity index (χ3v) is 7.11. The molecule has 1 N–H and O–H groups in total. The predicted octanol–water partition coefficient (Wildman–Crippen LogP) is 4.62. The number of rotatable bonds is 12. The molecule has 2 amide bonds. The fourth-order valence-corrected chi connectivity index (χ4v) is 4.91. The minimum Gasteiger partial charge on any atom is -0.494 e. The third-order valence-electron chi connectivity index (χ3n) is 5.55. The number of anilines is 1. The monoisotopic (exact) mass is 551 g/mol. The largest absolute Gasteiger partial charge is 0.494 e. The molecular weight excluding hydrogens is 514 g/mol. The summed E-state index contributed by atoms with van der Waals surface area (Å²) in [6.45, 7) is 9.95. The summed E-state index contributed by atoms with van der Waals surface area (Å²) in [7, 11) is -3.58. The van der Waals surface area contributed by atoms with Crippen molar-refractivity contribution in [3.8, 4) is 5.75 Å². The van der Waals surface area contributed by atoms with Crippen molar-refractivity contribution in [1.29, 1.82) is 0 Å². The summed E-state index contributed by atoms with van der Waals surface area (Å²) in [6.07, 6.45) is 1.46. The van der Waals surface area contributed by atoms with Crippen LogP contribution in [0.3, 0.4) is 0 Å². The number of nitrogens with zero attached hydrogens (tertiary/aromatic N) is 2. The Morgan fingerprint density at radius 3 is 2.24 bits per heavy atom. The van der Waals surface area contributed by atoms with Gasteiger partial charge in [0.05, 0.1) is 18.6 Å². The zero-order valence-corrected chi connectivity index (χ0v) is 24.0. The molecule has 8 nitrogen and oxygen atoms in total. The van der Waals surface area contributed by atoms with Crippen molar-refractivity contribution in [2.24, 2.45) is 0 Å². The van der Waals surface area contributed by atoms with Gasteiger partial charge in [-0.05, 0) is 76.9 Å². The standard InChI is InChI=1S/C27H38ClN3O5S/c1-7-36-23-16-14-22(15-17-23)31(37(6,34)35)18-10-13-25(32)30(19-21-11-8-9-12-24(21)28)20(2)26(33)29-27(3,4)5/h8-9,11-12,14-17,20H,7,10,13,18-19H2,1-6H3,(H,29,33). The number of amides is 2. The summed E-state index contributed by atoms with van der Waals surface area (Å²) in [5.74, 6) is 0.101. The van der Waals surface area contributed by atoms with Gasteiger partial charge in [0.15, 0.2) is 0 Å². The Bertz CT molecular complexity index is 1160. The maximum absolute atomic E-state index is 13.4. The Labute approximate surface area is 226 Å². The van der Waals surface area contributed by atoms with Crippen molar-refractivity contribution in [3.05, 3.63) is 59.1 Å². The zero-order chi connectivity index (χ0) is 27.8. The molecule has 0 aromatic heterocycles. The van der Waals surface area contributed by atoms with Crippen LogP contribution in [0.5, 0.6) is 5.75 Å². The fourth-order valence-electron chi connectivity index (χ4n) is 3.75. The van der Waals surface area contributed by atoms with Gasteiger partial charge in [-0.2, -0.15) is 0 Å². The van der Waals surface area contributed by atoms with E-state index in [9.17, 15) is 18.0 Å². The molecule has 37 heavy (non-hydrogen) atoms. The predicted molar refractivity (Wildman–Crippen MR) is 148 cm³/mol. The van der Waals surface area contributed by atoms with Gasteiger partial charge in [-0.3, -0.25) is 13.9 Å². The second-order valence-electron chi connectivity index (χ2n) is 9.89. The molecule has 0 aliphatic rings. The summed E-state index contributed by atoms with van der Waals surface area (Å²) in [5.41, 5.74) is 0.752. The average Bonchev–Trinajstić information content (AvgIpc) is 2.80. The SMILES string of the molecule is CCOc1ccc(N(CCCC(=O)N(Cc2ccccc2Cl)C(C)C(=O)NC(C)(C)C)S(C)(=O)=O)cc1. The minimum absolute atomic E-state index is 0.0562. The molecule has 0 radical (unpaired) electrons. The van der Waals surface area contributed by atoms with Crippen molar-refractivity contribution >= 4 is 39.1 Å². The van der Waals surface area contributed by atoms with E-state index in [4.69, 9.17) is 16.3 Å². The Balaban J connectivity index is 2.19. The van der Waals surface area contributed by atoms with Crippen LogP contribution < -0.4 is 14.4 Å². The smallest absolute Gasteiger partial charge is 0.242 e. The molecule has 0 heterocycles. The summed E-state index contributed by atoms with van der Waals surface area (Å²) < 4.78 is 31.7. The first kappa shape index (κ1) is 30.4. The molecule has 0 saturated heterocycles. The number of carbonyl (C=O) groups is 2. The van der Waals surface area contributed by atoms with Gasteiger partial charge in [-0.15, -0.1) is 0 Å². The van der Waals surface area contributed by atoms with Crippen LogP contribution in [0.15, 0.2) is 48.5 Å². The van der Waals surface area contributed by atoms with E-state index in [1.807, 2.05) is 39.8 Å². The molecular formula is C27H38ClN3O5S. The summed E-state index contributed by atoms with van der Waals surface area (Å²) in [5, 5.41) is 3.42. The molecule has 2 aromatic rings. The van der Waals surface area contributed by atoms with Gasteiger partial charge >= 0.3 is 0 Å². The van der Waals surface area contributed by atoms with Gasteiger partial charge in [0.25, 0.3) is 0 Å². The van der Waals surface area contributed by atoms with Gasteiger partial charge < -0.3 is 15.0 Å². The van der Waals surface area contributed by atoms with Crippen LogP contribution in [0.4, 0.5) is 5.69 Å². The lowest BCUT2D eigenvalue weighted by Gasteiger charge is -2.32. The summed E-state index contributed by atoms with van der Waals surface area (Å²) >= 11 is 6.34. The Kier molecular flexibility index (Phi) is 10.8. The number of hydrogen-bond acceptors (Lipinski definition) is 5. The molecule has 0 bridgehead atoms. The van der Waals surface area contributed by atoms with Gasteiger partial charge in [0.1, 0.15) is 11.8 Å². The second kappa shape index (κ2) is 13.1. The van der Waals surface area contributed by atoms with E-state index in [2.05, 4.69) is 5.32 Å². The van der Waals surface area contributed by atoms with E-state index < -0.39 is 21.6 Å². The van der Waals surface area contributed by atoms with Crippen LogP contribution in [0.2, 0.25) is 5.02 Å². The molecule has 0 aliphatic carbocycles. The van der Waals surface area contributed by atoms with Crippen molar-refractivity contribution in [2.75, 3.05) is 23.7 Å². The van der Waals surface area contributed by atoms with Crippen molar-refractivity contribution in [2.45, 2.75) is 65.6 Å². The number of ether oxygens (including phenoxy) is 1. The van der Waals surface area contributed by atoms with Crippen LogP contribution in [-0.4, -0.2) is 56.1 Å². The van der Waals surface area contributed by atoms with E-state index in [0.717, 1.165) is 11.8 Å². The Morgan fingerprint density at radius 1 is 1.08 bits per heavy atom. The first-order valence-electron chi connectivity index (χ1n) is 12.3. The minimum atomic E-state index is -3.58. The van der Waals surface area contributed by atoms with E-state index in [1.165, 1.54) is 9.21 Å². The zero-order valence-electron chi connectivity index (χ0n) is 22.5. The molecule has 0 spiro atoms. The first-order valence-corrected chi connectivity index (χ1v) is 14.5. The molecule has 10 heteroatoms. The highest BCUT2D eigenvalue weighted by Gasteiger charge is 2.29. The molecule has 2 rings (SSSR count). The second-order valence-corrected chi connectivity index (χ2v) is 12.2. The molecule has 2 aromatic carbocycles. The van der Waals surface area contributed by atoms with E-state index in [0.29, 0.717) is 23.1 Å².